The maximum atomic E-state index is 12.1. The van der Waals surface area contributed by atoms with E-state index in [1.807, 2.05) is 0 Å². The molecular weight excluding hydrogens is 301 g/mol. The van der Waals surface area contributed by atoms with Gasteiger partial charge in [0.25, 0.3) is 0 Å². The lowest BCUT2D eigenvalue weighted by atomic mass is 10.00. The predicted molar refractivity (Wildman–Crippen MR) is 49.8 cm³/mol. The minimum Gasteiger partial charge on any atom is -0.394 e. The highest BCUT2D eigenvalue weighted by Crippen LogP contribution is 2.29. The Kier molecular flexibility index (Phi) is 4.77. The van der Waals surface area contributed by atoms with Crippen molar-refractivity contribution < 1.29 is 50.9 Å². The van der Waals surface area contributed by atoms with Crippen LogP contribution in [0.2, 0.25) is 0 Å². The molecule has 0 radical (unpaired) electrons. The summed E-state index contributed by atoms with van der Waals surface area (Å²) in [5.74, 6) is 0. The van der Waals surface area contributed by atoms with Gasteiger partial charge in [0.15, 0.2) is 0 Å². The third-order valence-corrected chi connectivity index (χ3v) is 3.36. The number of aliphatic hydroxyl groups is 4. The van der Waals surface area contributed by atoms with Crippen LogP contribution in [0.5, 0.6) is 0 Å². The molecular formula is C7H11F3O8S. The average molecular weight is 312 g/mol. The van der Waals surface area contributed by atoms with E-state index in [-0.39, 0.29) is 0 Å². The van der Waals surface area contributed by atoms with E-state index < -0.39 is 52.9 Å². The van der Waals surface area contributed by atoms with Gasteiger partial charge >= 0.3 is 15.6 Å². The summed E-state index contributed by atoms with van der Waals surface area (Å²) in [6.45, 7) is -0.934. The Morgan fingerprint density at radius 1 is 1.11 bits per heavy atom. The Bertz CT molecular complexity index is 407. The van der Waals surface area contributed by atoms with Crippen LogP contribution in [-0.2, 0) is 19.0 Å². The Hall–Kier alpha value is -0.500. The van der Waals surface area contributed by atoms with Gasteiger partial charge in [-0.3, -0.25) is 0 Å². The zero-order valence-electron chi connectivity index (χ0n) is 9.06. The molecule has 0 aliphatic carbocycles. The van der Waals surface area contributed by atoms with Gasteiger partial charge in [-0.25, -0.2) is 4.18 Å². The normalized spacial score (nSPS) is 37.3. The molecule has 0 aromatic heterocycles. The standard InChI is InChI=1S/C7H11F3O8S/c8-7(9,10)19(15,16)18-6-5(14)4(13)3(12)2(1-11)17-6/h2-6,11-14H,1H2/t2-,3-,4+,5-,6-/m1/s1. The van der Waals surface area contributed by atoms with Crippen molar-refractivity contribution in [2.75, 3.05) is 6.61 Å². The number of hydrogen-bond acceptors (Lipinski definition) is 8. The summed E-state index contributed by atoms with van der Waals surface area (Å²) in [7, 11) is -6.06. The number of alkyl halides is 3. The van der Waals surface area contributed by atoms with Crippen LogP contribution in [-0.4, -0.2) is 71.7 Å². The molecule has 8 nitrogen and oxygen atoms in total. The van der Waals surface area contributed by atoms with Crippen molar-refractivity contribution in [3.63, 3.8) is 0 Å². The van der Waals surface area contributed by atoms with E-state index in [1.165, 1.54) is 0 Å². The van der Waals surface area contributed by atoms with Gasteiger partial charge in [-0.05, 0) is 0 Å². The lowest BCUT2D eigenvalue weighted by Crippen LogP contribution is -2.59. The minimum absolute atomic E-state index is 0.934. The highest BCUT2D eigenvalue weighted by atomic mass is 32.2. The van der Waals surface area contributed by atoms with Crippen molar-refractivity contribution in [1.82, 2.24) is 0 Å². The van der Waals surface area contributed by atoms with Gasteiger partial charge in [0, 0.05) is 0 Å². The number of rotatable bonds is 3. The quantitative estimate of drug-likeness (QED) is 0.336. The number of halogens is 3. The maximum Gasteiger partial charge on any atom is 0.523 e. The minimum atomic E-state index is -6.06. The van der Waals surface area contributed by atoms with Crippen LogP contribution in [0.4, 0.5) is 13.2 Å². The molecule has 1 heterocycles. The molecule has 12 heteroatoms. The molecule has 4 N–H and O–H groups in total. The molecule has 5 atom stereocenters. The average Bonchev–Trinajstić information content (AvgIpc) is 2.28. The predicted octanol–water partition coefficient (Wildman–Crippen LogP) is -2.35. The molecule has 1 fully saturated rings. The summed E-state index contributed by atoms with van der Waals surface area (Å²) in [6.07, 6.45) is -10.1. The van der Waals surface area contributed by atoms with E-state index in [9.17, 15) is 36.9 Å². The molecule has 114 valence electrons. The topological polar surface area (TPSA) is 134 Å². The van der Waals surface area contributed by atoms with Crippen molar-refractivity contribution in [3.05, 3.63) is 0 Å². The van der Waals surface area contributed by atoms with Crippen LogP contribution in [0.25, 0.3) is 0 Å². The van der Waals surface area contributed by atoms with Crippen LogP contribution >= 0.6 is 0 Å². The van der Waals surface area contributed by atoms with Crippen LogP contribution in [0, 0.1) is 0 Å². The van der Waals surface area contributed by atoms with Gasteiger partial charge in [0.2, 0.25) is 6.29 Å². The maximum absolute atomic E-state index is 12.1. The summed E-state index contributed by atoms with van der Waals surface area (Å²) < 4.78 is 65.6. The summed E-state index contributed by atoms with van der Waals surface area (Å²) in [4.78, 5) is 0. The Balaban J connectivity index is 2.89. The van der Waals surface area contributed by atoms with Crippen LogP contribution < -0.4 is 0 Å². The van der Waals surface area contributed by atoms with E-state index in [1.54, 1.807) is 0 Å². The molecule has 0 spiro atoms. The van der Waals surface area contributed by atoms with Gasteiger partial charge in [-0.15, -0.1) is 0 Å². The second kappa shape index (κ2) is 5.47. The Morgan fingerprint density at radius 2 is 1.63 bits per heavy atom. The summed E-state index contributed by atoms with van der Waals surface area (Å²) in [6, 6.07) is 0. The number of aliphatic hydroxyl groups excluding tert-OH is 4. The molecule has 0 unspecified atom stereocenters. The molecule has 1 rings (SSSR count). The van der Waals surface area contributed by atoms with Gasteiger partial charge in [-0.1, -0.05) is 0 Å². The molecule has 19 heavy (non-hydrogen) atoms. The largest absolute Gasteiger partial charge is 0.523 e. The van der Waals surface area contributed by atoms with Crippen LogP contribution in [0.1, 0.15) is 0 Å². The lowest BCUT2D eigenvalue weighted by molar-refractivity contribution is -0.278. The number of ether oxygens (including phenoxy) is 1. The summed E-state index contributed by atoms with van der Waals surface area (Å²) >= 11 is 0. The first-order valence-corrected chi connectivity index (χ1v) is 6.22. The first-order chi connectivity index (χ1) is 8.51. The molecule has 0 saturated carbocycles. The molecule has 0 aromatic carbocycles. The third kappa shape index (κ3) is 3.34. The van der Waals surface area contributed by atoms with E-state index in [0.717, 1.165) is 0 Å². The SMILES string of the molecule is O=S(=O)(O[C@H]1O[C@H](CO)[C@@H](O)[C@H](O)[C@H]1O)C(F)(F)F. The zero-order chi connectivity index (χ0) is 15.0. The second-order valence-corrected chi connectivity index (χ2v) is 5.26. The third-order valence-electron chi connectivity index (χ3n) is 2.35. The summed E-state index contributed by atoms with van der Waals surface area (Å²) in [5, 5.41) is 36.5. The first-order valence-electron chi connectivity index (χ1n) is 4.81. The molecule has 0 aromatic rings. The Labute approximate surface area is 105 Å². The van der Waals surface area contributed by atoms with Gasteiger partial charge < -0.3 is 25.2 Å². The van der Waals surface area contributed by atoms with Gasteiger partial charge in [-0.2, -0.15) is 21.6 Å². The van der Waals surface area contributed by atoms with Crippen molar-refractivity contribution in [2.24, 2.45) is 0 Å². The van der Waals surface area contributed by atoms with Crippen molar-refractivity contribution in [1.29, 1.82) is 0 Å². The first kappa shape index (κ1) is 16.6. The van der Waals surface area contributed by atoms with Gasteiger partial charge in [0.1, 0.15) is 24.4 Å². The van der Waals surface area contributed by atoms with Gasteiger partial charge in [0.05, 0.1) is 6.61 Å². The molecule has 1 aliphatic heterocycles. The monoisotopic (exact) mass is 312 g/mol. The molecule has 0 amide bonds. The van der Waals surface area contributed by atoms with Crippen molar-refractivity contribution in [2.45, 2.75) is 36.2 Å². The fourth-order valence-electron chi connectivity index (χ4n) is 1.33. The smallest absolute Gasteiger partial charge is 0.394 e. The van der Waals surface area contributed by atoms with Crippen LogP contribution in [0.15, 0.2) is 0 Å². The lowest BCUT2D eigenvalue weighted by Gasteiger charge is -2.39. The van der Waals surface area contributed by atoms with Crippen LogP contribution in [0.3, 0.4) is 0 Å². The highest BCUT2D eigenvalue weighted by Gasteiger charge is 2.53. The molecule has 1 saturated heterocycles. The second-order valence-electron chi connectivity index (χ2n) is 3.69. The van der Waals surface area contributed by atoms with Crippen molar-refractivity contribution >= 4 is 10.1 Å². The summed E-state index contributed by atoms with van der Waals surface area (Å²) in [5.41, 5.74) is -5.74. The van der Waals surface area contributed by atoms with E-state index >= 15 is 0 Å². The van der Waals surface area contributed by atoms with E-state index in [2.05, 4.69) is 8.92 Å². The van der Waals surface area contributed by atoms with E-state index in [0.29, 0.717) is 0 Å². The molecule has 0 bridgehead atoms. The highest BCUT2D eigenvalue weighted by molar-refractivity contribution is 7.87. The van der Waals surface area contributed by atoms with E-state index in [4.69, 9.17) is 5.11 Å². The Morgan fingerprint density at radius 3 is 2.05 bits per heavy atom. The fraction of sp³-hybridized carbons (Fsp3) is 1.00. The zero-order valence-corrected chi connectivity index (χ0v) is 9.87. The fourth-order valence-corrected chi connectivity index (χ4v) is 1.84. The van der Waals surface area contributed by atoms with Crippen molar-refractivity contribution in [3.8, 4) is 0 Å². The molecule has 1 aliphatic rings. The number of hydrogen-bond donors (Lipinski definition) is 4.